The monoisotopic (exact) mass is 286 g/mol. The normalized spacial score (nSPS) is 10.3. The first-order valence-electron chi connectivity index (χ1n) is 6.64. The van der Waals surface area contributed by atoms with E-state index < -0.39 is 0 Å². The SMILES string of the molecule is COc1cc(C)cc(OC)c1OCCCCCCCl. The third-order valence-corrected chi connectivity index (χ3v) is 3.15. The predicted octanol–water partition coefficient (Wildman–Crippen LogP) is 4.19. The van der Waals surface area contributed by atoms with Gasteiger partial charge in [-0.05, 0) is 37.5 Å². The largest absolute Gasteiger partial charge is 0.493 e. The first-order chi connectivity index (χ1) is 9.22. The molecule has 0 heterocycles. The minimum atomic E-state index is 0.665. The Balaban J connectivity index is 2.56. The third kappa shape index (κ3) is 5.19. The number of halogens is 1. The van der Waals surface area contributed by atoms with Gasteiger partial charge < -0.3 is 14.2 Å². The Kier molecular flexibility index (Phi) is 7.49. The molecule has 1 aromatic carbocycles. The maximum absolute atomic E-state index is 5.80. The first kappa shape index (κ1) is 16.0. The van der Waals surface area contributed by atoms with E-state index in [1.807, 2.05) is 19.1 Å². The first-order valence-corrected chi connectivity index (χ1v) is 7.17. The number of unbranched alkanes of at least 4 members (excludes halogenated alkanes) is 3. The minimum absolute atomic E-state index is 0.665. The van der Waals surface area contributed by atoms with Gasteiger partial charge >= 0.3 is 0 Å². The summed E-state index contributed by atoms with van der Waals surface area (Å²) in [5.74, 6) is 2.86. The van der Waals surface area contributed by atoms with E-state index in [-0.39, 0.29) is 0 Å². The van der Waals surface area contributed by atoms with Crippen molar-refractivity contribution in [3.05, 3.63) is 17.7 Å². The molecule has 3 nitrogen and oxygen atoms in total. The van der Waals surface area contributed by atoms with Crippen LogP contribution in [0.3, 0.4) is 0 Å². The fraction of sp³-hybridized carbons (Fsp3) is 0.600. The zero-order valence-corrected chi connectivity index (χ0v) is 12.8. The lowest BCUT2D eigenvalue weighted by Gasteiger charge is -2.15. The number of methoxy groups -OCH3 is 2. The number of aryl methyl sites for hydroxylation is 1. The van der Waals surface area contributed by atoms with Crippen LogP contribution in [0.4, 0.5) is 0 Å². The molecule has 0 atom stereocenters. The highest BCUT2D eigenvalue weighted by Crippen LogP contribution is 2.38. The summed E-state index contributed by atoms with van der Waals surface area (Å²) >= 11 is 5.64. The maximum atomic E-state index is 5.80. The van der Waals surface area contributed by atoms with Crippen LogP contribution in [0, 0.1) is 6.92 Å². The summed E-state index contributed by atoms with van der Waals surface area (Å²) in [6.07, 6.45) is 4.36. The van der Waals surface area contributed by atoms with Crippen LogP contribution >= 0.6 is 11.6 Å². The van der Waals surface area contributed by atoms with Gasteiger partial charge in [0, 0.05) is 5.88 Å². The smallest absolute Gasteiger partial charge is 0.203 e. The molecule has 0 bridgehead atoms. The van der Waals surface area contributed by atoms with Gasteiger partial charge in [0.15, 0.2) is 11.5 Å². The summed E-state index contributed by atoms with van der Waals surface area (Å²) in [7, 11) is 3.28. The molecule has 0 aliphatic heterocycles. The molecule has 0 N–H and O–H groups in total. The van der Waals surface area contributed by atoms with E-state index in [1.54, 1.807) is 14.2 Å². The van der Waals surface area contributed by atoms with Crippen LogP contribution in [0.1, 0.15) is 31.2 Å². The molecule has 0 aliphatic rings. The van der Waals surface area contributed by atoms with Gasteiger partial charge in [-0.25, -0.2) is 0 Å². The maximum Gasteiger partial charge on any atom is 0.203 e. The summed E-state index contributed by atoms with van der Waals surface area (Å²) in [5, 5.41) is 0. The van der Waals surface area contributed by atoms with Crippen molar-refractivity contribution < 1.29 is 14.2 Å². The van der Waals surface area contributed by atoms with Gasteiger partial charge in [0.05, 0.1) is 20.8 Å². The zero-order chi connectivity index (χ0) is 14.1. The van der Waals surface area contributed by atoms with E-state index in [0.717, 1.165) is 48.6 Å². The van der Waals surface area contributed by atoms with Crippen molar-refractivity contribution in [3.63, 3.8) is 0 Å². The molecule has 0 amide bonds. The number of ether oxygens (including phenoxy) is 3. The lowest BCUT2D eigenvalue weighted by atomic mass is 10.2. The minimum Gasteiger partial charge on any atom is -0.493 e. The fourth-order valence-electron chi connectivity index (χ4n) is 1.88. The van der Waals surface area contributed by atoms with Crippen molar-refractivity contribution >= 4 is 11.6 Å². The van der Waals surface area contributed by atoms with E-state index in [1.165, 1.54) is 0 Å². The van der Waals surface area contributed by atoms with E-state index >= 15 is 0 Å². The third-order valence-electron chi connectivity index (χ3n) is 2.88. The number of alkyl halides is 1. The average molecular weight is 287 g/mol. The zero-order valence-electron chi connectivity index (χ0n) is 12.0. The molecule has 4 heteroatoms. The molecule has 0 aromatic heterocycles. The van der Waals surface area contributed by atoms with E-state index in [4.69, 9.17) is 25.8 Å². The van der Waals surface area contributed by atoms with Gasteiger partial charge in [-0.2, -0.15) is 0 Å². The van der Waals surface area contributed by atoms with Crippen molar-refractivity contribution in [2.75, 3.05) is 26.7 Å². The molecule has 108 valence electrons. The molecule has 0 unspecified atom stereocenters. The molecule has 0 saturated heterocycles. The van der Waals surface area contributed by atoms with Crippen LogP contribution in [0.5, 0.6) is 17.2 Å². The summed E-state index contributed by atoms with van der Waals surface area (Å²) in [6.45, 7) is 2.67. The molecule has 0 fully saturated rings. The van der Waals surface area contributed by atoms with Gasteiger partial charge in [-0.1, -0.05) is 12.8 Å². The number of hydrogen-bond acceptors (Lipinski definition) is 3. The Hall–Kier alpha value is -1.09. The predicted molar refractivity (Wildman–Crippen MR) is 79.0 cm³/mol. The molecule has 19 heavy (non-hydrogen) atoms. The summed E-state index contributed by atoms with van der Waals surface area (Å²) in [5.41, 5.74) is 1.09. The van der Waals surface area contributed by atoms with E-state index in [0.29, 0.717) is 12.4 Å². The van der Waals surface area contributed by atoms with Crippen molar-refractivity contribution in [2.24, 2.45) is 0 Å². The van der Waals surface area contributed by atoms with Gasteiger partial charge in [-0.3, -0.25) is 0 Å². The quantitative estimate of drug-likeness (QED) is 0.503. The van der Waals surface area contributed by atoms with Crippen molar-refractivity contribution in [3.8, 4) is 17.2 Å². The second kappa shape index (κ2) is 8.92. The summed E-state index contributed by atoms with van der Waals surface area (Å²) in [6, 6.07) is 3.90. The standard InChI is InChI=1S/C15H23ClO3/c1-12-10-13(17-2)15(14(11-12)18-3)19-9-7-5-4-6-8-16/h10-11H,4-9H2,1-3H3. The average Bonchev–Trinajstić information content (AvgIpc) is 2.43. The number of benzene rings is 1. The lowest BCUT2D eigenvalue weighted by Crippen LogP contribution is -2.02. The Morgan fingerprint density at radius 2 is 1.53 bits per heavy atom. The van der Waals surface area contributed by atoms with Crippen LogP contribution in [0.25, 0.3) is 0 Å². The van der Waals surface area contributed by atoms with E-state index in [9.17, 15) is 0 Å². The summed E-state index contributed by atoms with van der Waals surface area (Å²) in [4.78, 5) is 0. The number of rotatable bonds is 9. The van der Waals surface area contributed by atoms with Crippen LogP contribution in [0.2, 0.25) is 0 Å². The highest BCUT2D eigenvalue weighted by Gasteiger charge is 2.12. The van der Waals surface area contributed by atoms with Crippen molar-refractivity contribution in [1.82, 2.24) is 0 Å². The number of hydrogen-bond donors (Lipinski definition) is 0. The van der Waals surface area contributed by atoms with Crippen LogP contribution < -0.4 is 14.2 Å². The van der Waals surface area contributed by atoms with Crippen LogP contribution in [0.15, 0.2) is 12.1 Å². The molecule has 0 spiro atoms. The lowest BCUT2D eigenvalue weighted by molar-refractivity contribution is 0.267. The second-order valence-corrected chi connectivity index (χ2v) is 4.83. The molecular formula is C15H23ClO3. The molecule has 0 aliphatic carbocycles. The molecule has 1 rings (SSSR count). The second-order valence-electron chi connectivity index (χ2n) is 4.45. The Bertz CT molecular complexity index is 355. The van der Waals surface area contributed by atoms with Gasteiger partial charge in [0.1, 0.15) is 0 Å². The van der Waals surface area contributed by atoms with Crippen LogP contribution in [-0.4, -0.2) is 26.7 Å². The highest BCUT2D eigenvalue weighted by molar-refractivity contribution is 6.17. The fourth-order valence-corrected chi connectivity index (χ4v) is 2.07. The summed E-state index contributed by atoms with van der Waals surface area (Å²) < 4.78 is 16.5. The molecular weight excluding hydrogens is 264 g/mol. The molecule has 0 saturated carbocycles. The van der Waals surface area contributed by atoms with E-state index in [2.05, 4.69) is 0 Å². The molecule has 0 radical (unpaired) electrons. The molecule has 1 aromatic rings. The topological polar surface area (TPSA) is 27.7 Å². The Labute approximate surface area is 120 Å². The van der Waals surface area contributed by atoms with Crippen molar-refractivity contribution in [2.45, 2.75) is 32.6 Å². The van der Waals surface area contributed by atoms with Gasteiger partial charge in [-0.15, -0.1) is 11.6 Å². The Morgan fingerprint density at radius 3 is 2.05 bits per heavy atom. The Morgan fingerprint density at radius 1 is 0.947 bits per heavy atom. The van der Waals surface area contributed by atoms with Gasteiger partial charge in [0.2, 0.25) is 5.75 Å². The highest BCUT2D eigenvalue weighted by atomic mass is 35.5. The van der Waals surface area contributed by atoms with Crippen molar-refractivity contribution in [1.29, 1.82) is 0 Å². The van der Waals surface area contributed by atoms with Crippen LogP contribution in [-0.2, 0) is 0 Å². The van der Waals surface area contributed by atoms with Gasteiger partial charge in [0.25, 0.3) is 0 Å².